The monoisotopic (exact) mass is 710 g/mol. The molecule has 0 saturated heterocycles. The van der Waals surface area contributed by atoms with E-state index in [1.165, 1.54) is 76.0 Å². The van der Waals surface area contributed by atoms with Crippen LogP contribution in [0.5, 0.6) is 0 Å². The Morgan fingerprint density at radius 2 is 0.875 bits per heavy atom. The first kappa shape index (κ1) is 29.8. The van der Waals surface area contributed by atoms with Crippen LogP contribution in [-0.4, -0.2) is 18.9 Å². The number of nitrogens with zero attached hydrogens (tertiary/aromatic N) is 4. The average Bonchev–Trinajstić information content (AvgIpc) is 3.90. The van der Waals surface area contributed by atoms with E-state index in [2.05, 4.69) is 191 Å². The van der Waals surface area contributed by atoms with Crippen molar-refractivity contribution < 1.29 is 0 Å². The minimum absolute atomic E-state index is 0.658. The fraction of sp³-hybridized carbons (Fsp3) is 0. The van der Waals surface area contributed by atoms with Crippen LogP contribution in [0.2, 0.25) is 0 Å². The third kappa shape index (κ3) is 4.02. The fourth-order valence-corrected chi connectivity index (χ4v) is 9.51. The third-order valence-corrected chi connectivity index (χ3v) is 12.0. The van der Waals surface area contributed by atoms with Crippen LogP contribution >= 0.6 is 0 Å². The Labute approximate surface area is 320 Å². The van der Waals surface area contributed by atoms with Gasteiger partial charge in [0.1, 0.15) is 0 Å². The Morgan fingerprint density at radius 1 is 0.321 bits per heavy atom. The van der Waals surface area contributed by atoms with E-state index in [0.717, 1.165) is 38.8 Å². The number of benzene rings is 9. The van der Waals surface area contributed by atoms with Crippen LogP contribution in [0.25, 0.3) is 121 Å². The fourth-order valence-electron chi connectivity index (χ4n) is 9.51. The molecule has 13 rings (SSSR count). The number of rotatable bonds is 3. The first-order valence-corrected chi connectivity index (χ1v) is 19.2. The molecule has 0 aliphatic rings. The first-order valence-electron chi connectivity index (χ1n) is 19.2. The normalized spacial score (nSPS) is 12.3. The Hall–Kier alpha value is -7.56. The molecule has 0 amide bonds. The molecule has 0 aliphatic carbocycles. The Kier molecular flexibility index (Phi) is 5.86. The summed E-state index contributed by atoms with van der Waals surface area (Å²) < 4.78 is 4.71. The molecule has 4 heterocycles. The molecule has 0 radical (unpaired) electrons. The predicted octanol–water partition coefficient (Wildman–Crippen LogP) is 13.5. The summed E-state index contributed by atoms with van der Waals surface area (Å²) in [6.45, 7) is 0. The van der Waals surface area contributed by atoms with Gasteiger partial charge in [0.15, 0.2) is 0 Å². The lowest BCUT2D eigenvalue weighted by Crippen LogP contribution is -2.03. The largest absolute Gasteiger partial charge is 0.308 e. The van der Waals surface area contributed by atoms with E-state index in [1.54, 1.807) is 0 Å². The Morgan fingerprint density at radius 3 is 1.68 bits per heavy atom. The van der Waals surface area contributed by atoms with Gasteiger partial charge in [0.25, 0.3) is 0 Å². The van der Waals surface area contributed by atoms with Crippen molar-refractivity contribution in [2.24, 2.45) is 0 Å². The van der Waals surface area contributed by atoms with Crippen molar-refractivity contribution in [3.05, 3.63) is 182 Å². The van der Waals surface area contributed by atoms with Crippen LogP contribution < -0.4 is 0 Å². The van der Waals surface area contributed by atoms with E-state index < -0.39 is 0 Å². The van der Waals surface area contributed by atoms with Crippen LogP contribution in [0.1, 0.15) is 0 Å². The summed E-state index contributed by atoms with van der Waals surface area (Å²) in [6.07, 6.45) is 0. The summed E-state index contributed by atoms with van der Waals surface area (Å²) in [5.74, 6) is 0.658. The average molecular weight is 711 g/mol. The molecule has 4 nitrogen and oxygen atoms in total. The molecule has 0 bridgehead atoms. The zero-order valence-corrected chi connectivity index (χ0v) is 30.1. The maximum absolute atomic E-state index is 5.47. The second kappa shape index (κ2) is 11.0. The van der Waals surface area contributed by atoms with Crippen LogP contribution in [0.4, 0.5) is 0 Å². The number of para-hydroxylation sites is 4. The summed E-state index contributed by atoms with van der Waals surface area (Å²) >= 11 is 0. The molecule has 0 unspecified atom stereocenters. The van der Waals surface area contributed by atoms with Crippen LogP contribution in [0, 0.1) is 0 Å². The Balaban J connectivity index is 1.05. The highest BCUT2D eigenvalue weighted by Gasteiger charge is 2.20. The molecule has 13 aromatic rings. The summed E-state index contributed by atoms with van der Waals surface area (Å²) in [4.78, 5) is 10.7. The van der Waals surface area contributed by atoms with Crippen molar-refractivity contribution >= 4 is 92.3 Å². The standard InChI is InChI=1S/C52H30N4/c1-2-11-36-31(10-1)20-21-32-22-23-35(28-44(32)36)50-43-14-3-6-17-45(43)53-52(54-50)56-47-19-8-4-12-37(47)39-26-24-34(30-49(39)56)33-25-27-40-42-16-9-15-41-38-13-5-7-18-46(38)55(51(41)42)48(40)29-33/h1-30H. The molecule has 0 fully saturated rings. The molecule has 0 aliphatic heterocycles. The SMILES string of the molecule is c1ccc2c(c1)ccc1ccc(-c3nc(-n4c5ccccc5c5ccc(-c6ccc7c8cccc9c%10ccccc%10n(c7c6)c98)cc54)nc4ccccc34)cc12. The lowest BCUT2D eigenvalue weighted by molar-refractivity contribution is 1.01. The smallest absolute Gasteiger partial charge is 0.235 e. The topological polar surface area (TPSA) is 35.1 Å². The molecule has 9 aromatic carbocycles. The molecular weight excluding hydrogens is 681 g/mol. The molecule has 258 valence electrons. The highest BCUT2D eigenvalue weighted by Crippen LogP contribution is 2.41. The van der Waals surface area contributed by atoms with Crippen molar-refractivity contribution in [3.8, 4) is 28.3 Å². The van der Waals surface area contributed by atoms with E-state index in [9.17, 15) is 0 Å². The quantitative estimate of drug-likeness (QED) is 0.171. The highest BCUT2D eigenvalue weighted by molar-refractivity contribution is 6.23. The minimum Gasteiger partial charge on any atom is -0.308 e. The van der Waals surface area contributed by atoms with Crippen LogP contribution in [0.3, 0.4) is 0 Å². The van der Waals surface area contributed by atoms with Gasteiger partial charge in [0, 0.05) is 43.3 Å². The van der Waals surface area contributed by atoms with E-state index in [-0.39, 0.29) is 0 Å². The van der Waals surface area contributed by atoms with Crippen molar-refractivity contribution in [2.45, 2.75) is 0 Å². The summed E-state index contributed by atoms with van der Waals surface area (Å²) in [7, 11) is 0. The molecule has 0 spiro atoms. The lowest BCUT2D eigenvalue weighted by Gasteiger charge is -2.13. The van der Waals surface area contributed by atoms with Gasteiger partial charge >= 0.3 is 0 Å². The number of hydrogen-bond donors (Lipinski definition) is 0. The molecule has 0 saturated carbocycles. The summed E-state index contributed by atoms with van der Waals surface area (Å²) in [5, 5.41) is 13.4. The second-order valence-corrected chi connectivity index (χ2v) is 15.0. The second-order valence-electron chi connectivity index (χ2n) is 15.0. The zero-order chi connectivity index (χ0) is 36.5. The van der Waals surface area contributed by atoms with Gasteiger partial charge in [-0.2, -0.15) is 0 Å². The summed E-state index contributed by atoms with van der Waals surface area (Å²) in [6, 6.07) is 66.0. The van der Waals surface area contributed by atoms with Gasteiger partial charge in [-0.25, -0.2) is 9.97 Å². The van der Waals surface area contributed by atoms with Crippen LogP contribution in [0.15, 0.2) is 182 Å². The lowest BCUT2D eigenvalue weighted by atomic mass is 9.98. The third-order valence-electron chi connectivity index (χ3n) is 12.0. The predicted molar refractivity (Wildman–Crippen MR) is 234 cm³/mol. The first-order chi connectivity index (χ1) is 27.8. The minimum atomic E-state index is 0.658. The van der Waals surface area contributed by atoms with E-state index in [4.69, 9.17) is 9.97 Å². The van der Waals surface area contributed by atoms with Gasteiger partial charge in [-0.3, -0.25) is 4.57 Å². The van der Waals surface area contributed by atoms with Gasteiger partial charge in [-0.05, 0) is 69.1 Å². The van der Waals surface area contributed by atoms with E-state index >= 15 is 0 Å². The molecule has 4 heteroatoms. The molecule has 0 N–H and O–H groups in total. The van der Waals surface area contributed by atoms with Crippen molar-refractivity contribution in [3.63, 3.8) is 0 Å². The van der Waals surface area contributed by atoms with Crippen molar-refractivity contribution in [1.29, 1.82) is 0 Å². The molecule has 56 heavy (non-hydrogen) atoms. The molecular formula is C52H30N4. The molecule has 4 aromatic heterocycles. The number of aromatic nitrogens is 4. The van der Waals surface area contributed by atoms with Gasteiger partial charge in [-0.15, -0.1) is 0 Å². The van der Waals surface area contributed by atoms with Gasteiger partial charge in [0.05, 0.1) is 38.8 Å². The van der Waals surface area contributed by atoms with Crippen LogP contribution in [-0.2, 0) is 0 Å². The maximum atomic E-state index is 5.47. The Bertz CT molecular complexity index is 3770. The number of fused-ring (bicyclic) bond motifs is 13. The van der Waals surface area contributed by atoms with E-state index in [1.807, 2.05) is 0 Å². The highest BCUT2D eigenvalue weighted by atomic mass is 15.2. The van der Waals surface area contributed by atoms with Gasteiger partial charge in [0.2, 0.25) is 5.95 Å². The maximum Gasteiger partial charge on any atom is 0.235 e. The van der Waals surface area contributed by atoms with Crippen molar-refractivity contribution in [1.82, 2.24) is 18.9 Å². The van der Waals surface area contributed by atoms with Gasteiger partial charge in [-0.1, -0.05) is 146 Å². The van der Waals surface area contributed by atoms with Crippen molar-refractivity contribution in [2.75, 3.05) is 0 Å². The summed E-state index contributed by atoms with van der Waals surface area (Å²) in [5.41, 5.74) is 11.1. The van der Waals surface area contributed by atoms with Gasteiger partial charge < -0.3 is 4.40 Å². The van der Waals surface area contributed by atoms with E-state index in [0.29, 0.717) is 5.95 Å². The zero-order valence-electron chi connectivity index (χ0n) is 30.1. The molecule has 0 atom stereocenters. The number of hydrogen-bond acceptors (Lipinski definition) is 2.